The molecule has 13 heteroatoms. The number of amides is 2. The highest BCUT2D eigenvalue weighted by Crippen LogP contribution is 2.25. The Morgan fingerprint density at radius 3 is 1.93 bits per heavy atom. The van der Waals surface area contributed by atoms with E-state index >= 15 is 0 Å². The lowest BCUT2D eigenvalue weighted by Gasteiger charge is -2.20. The van der Waals surface area contributed by atoms with Gasteiger partial charge in [0.25, 0.3) is 10.0 Å². The molecule has 3 N–H and O–H groups in total. The standard InChI is InChI=1S/C31H32N4O7S2/c1-31(2,3)42-30(37)33-28-8-6-5-7-27(28)32-29(36)18-9-22-19-20-35(21-22)44(40,41)26-16-12-24(13-17-26)23-10-14-25(15-11-23)34-43(4,38)39/h5-21,34H,1-4H3,(H,32,36)(H,33,37). The Bertz CT molecular complexity index is 1910. The van der Waals surface area contributed by atoms with Crippen molar-refractivity contribution in [1.29, 1.82) is 0 Å². The van der Waals surface area contributed by atoms with E-state index in [1.54, 1.807) is 87.5 Å². The zero-order valence-electron chi connectivity index (χ0n) is 24.4. The number of carbonyl (C=O) groups is 2. The van der Waals surface area contributed by atoms with Crippen LogP contribution in [-0.4, -0.2) is 44.7 Å². The molecule has 4 rings (SSSR count). The summed E-state index contributed by atoms with van der Waals surface area (Å²) in [5.74, 6) is -0.491. The Kier molecular flexibility index (Phi) is 9.30. The lowest BCUT2D eigenvalue weighted by Crippen LogP contribution is -2.27. The second kappa shape index (κ2) is 12.8. The van der Waals surface area contributed by atoms with Gasteiger partial charge in [-0.25, -0.2) is 25.6 Å². The fourth-order valence-corrected chi connectivity index (χ4v) is 5.76. The molecule has 0 bridgehead atoms. The number of aromatic nitrogens is 1. The molecule has 0 spiro atoms. The molecule has 0 aliphatic heterocycles. The van der Waals surface area contributed by atoms with Gasteiger partial charge in [0.15, 0.2) is 0 Å². The van der Waals surface area contributed by atoms with Crippen molar-refractivity contribution in [3.05, 3.63) is 103 Å². The Balaban J connectivity index is 1.41. The van der Waals surface area contributed by atoms with Gasteiger partial charge in [0.2, 0.25) is 15.9 Å². The van der Waals surface area contributed by atoms with Gasteiger partial charge in [0.05, 0.1) is 22.5 Å². The first kappa shape index (κ1) is 32.0. The molecule has 11 nitrogen and oxygen atoms in total. The Morgan fingerprint density at radius 1 is 0.795 bits per heavy atom. The first-order valence-corrected chi connectivity index (χ1v) is 16.6. The lowest BCUT2D eigenvalue weighted by atomic mass is 10.1. The average molecular weight is 637 g/mol. The first-order chi connectivity index (χ1) is 20.6. The predicted octanol–water partition coefficient (Wildman–Crippen LogP) is 5.76. The Labute approximate surface area is 256 Å². The van der Waals surface area contributed by atoms with Crippen molar-refractivity contribution in [2.75, 3.05) is 21.6 Å². The maximum Gasteiger partial charge on any atom is 0.412 e. The van der Waals surface area contributed by atoms with Crippen molar-refractivity contribution in [2.24, 2.45) is 0 Å². The normalized spacial score (nSPS) is 12.1. The van der Waals surface area contributed by atoms with Crippen LogP contribution in [0.2, 0.25) is 0 Å². The molecule has 0 aliphatic carbocycles. The van der Waals surface area contributed by atoms with E-state index in [0.717, 1.165) is 21.4 Å². The molecule has 0 atom stereocenters. The molecule has 230 valence electrons. The summed E-state index contributed by atoms with van der Waals surface area (Å²) in [7, 11) is -7.30. The number of anilines is 3. The number of nitrogens with one attached hydrogen (secondary N) is 3. The van der Waals surface area contributed by atoms with Crippen LogP contribution in [0.3, 0.4) is 0 Å². The molecule has 0 saturated heterocycles. The van der Waals surface area contributed by atoms with Gasteiger partial charge in [-0.3, -0.25) is 14.8 Å². The molecule has 4 aromatic rings. The quantitative estimate of drug-likeness (QED) is 0.197. The second-order valence-corrected chi connectivity index (χ2v) is 14.3. The number of rotatable bonds is 9. The molecule has 2 amide bonds. The second-order valence-electron chi connectivity index (χ2n) is 10.8. The van der Waals surface area contributed by atoms with Crippen LogP contribution in [0.15, 0.2) is 102 Å². The molecule has 0 fully saturated rings. The molecule has 0 aliphatic rings. The third-order valence-corrected chi connectivity index (χ3v) is 8.15. The van der Waals surface area contributed by atoms with Crippen LogP contribution in [0.1, 0.15) is 26.3 Å². The smallest absolute Gasteiger partial charge is 0.412 e. The van der Waals surface area contributed by atoms with Crippen LogP contribution >= 0.6 is 0 Å². The van der Waals surface area contributed by atoms with E-state index in [2.05, 4.69) is 15.4 Å². The van der Waals surface area contributed by atoms with E-state index < -0.39 is 37.6 Å². The summed E-state index contributed by atoms with van der Waals surface area (Å²) < 4.78 is 58.0. The third kappa shape index (κ3) is 8.82. The van der Waals surface area contributed by atoms with E-state index in [4.69, 9.17) is 4.74 Å². The van der Waals surface area contributed by atoms with Crippen molar-refractivity contribution in [2.45, 2.75) is 31.3 Å². The summed E-state index contributed by atoms with van der Waals surface area (Å²) >= 11 is 0. The summed E-state index contributed by atoms with van der Waals surface area (Å²) in [4.78, 5) is 24.8. The minimum atomic E-state index is -3.91. The number of hydrogen-bond acceptors (Lipinski definition) is 7. The first-order valence-electron chi connectivity index (χ1n) is 13.3. The molecule has 1 aromatic heterocycles. The zero-order valence-corrected chi connectivity index (χ0v) is 26.1. The van der Waals surface area contributed by atoms with Crippen LogP contribution < -0.4 is 15.4 Å². The predicted molar refractivity (Wildman–Crippen MR) is 171 cm³/mol. The summed E-state index contributed by atoms with van der Waals surface area (Å²) in [6.07, 6.45) is 5.90. The van der Waals surface area contributed by atoms with Crippen LogP contribution in [-0.2, 0) is 29.6 Å². The highest BCUT2D eigenvalue weighted by Gasteiger charge is 2.18. The van der Waals surface area contributed by atoms with Crippen molar-refractivity contribution < 1.29 is 31.2 Å². The molecule has 0 saturated carbocycles. The monoisotopic (exact) mass is 636 g/mol. The summed E-state index contributed by atoms with van der Waals surface area (Å²) in [5.41, 5.74) is 2.45. The van der Waals surface area contributed by atoms with Crippen LogP contribution in [0.5, 0.6) is 0 Å². The largest absolute Gasteiger partial charge is 0.444 e. The number of ether oxygens (including phenoxy) is 1. The van der Waals surface area contributed by atoms with E-state index in [0.29, 0.717) is 22.6 Å². The Morgan fingerprint density at radius 2 is 1.36 bits per heavy atom. The van der Waals surface area contributed by atoms with Gasteiger partial charge < -0.3 is 10.1 Å². The number of carbonyl (C=O) groups excluding carboxylic acids is 2. The fourth-order valence-electron chi connectivity index (χ4n) is 3.99. The number of sulfonamides is 1. The highest BCUT2D eigenvalue weighted by molar-refractivity contribution is 7.92. The van der Waals surface area contributed by atoms with Crippen LogP contribution in [0, 0.1) is 0 Å². The minimum Gasteiger partial charge on any atom is -0.444 e. The van der Waals surface area contributed by atoms with Crippen molar-refractivity contribution in [1.82, 2.24) is 3.97 Å². The van der Waals surface area contributed by atoms with Crippen molar-refractivity contribution >= 4 is 55.2 Å². The van der Waals surface area contributed by atoms with Gasteiger partial charge >= 0.3 is 6.09 Å². The third-order valence-electron chi connectivity index (χ3n) is 5.89. The van der Waals surface area contributed by atoms with E-state index in [1.807, 2.05) is 0 Å². The highest BCUT2D eigenvalue weighted by atomic mass is 32.2. The average Bonchev–Trinajstić information content (AvgIpc) is 3.42. The van der Waals surface area contributed by atoms with Gasteiger partial charge in [-0.1, -0.05) is 36.4 Å². The number of hydrogen-bond donors (Lipinski definition) is 3. The van der Waals surface area contributed by atoms with Gasteiger partial charge in [-0.2, -0.15) is 0 Å². The topological polar surface area (TPSA) is 153 Å². The van der Waals surface area contributed by atoms with Gasteiger partial charge in [-0.05, 0) is 86.0 Å². The molecule has 3 aromatic carbocycles. The van der Waals surface area contributed by atoms with Gasteiger partial charge in [0, 0.05) is 24.2 Å². The number of benzene rings is 3. The minimum absolute atomic E-state index is 0.0644. The van der Waals surface area contributed by atoms with Crippen molar-refractivity contribution in [3.63, 3.8) is 0 Å². The van der Waals surface area contributed by atoms with Crippen molar-refractivity contribution in [3.8, 4) is 11.1 Å². The fraction of sp³-hybridized carbons (Fsp3) is 0.161. The molecular formula is C31H32N4O7S2. The van der Waals surface area contributed by atoms with Crippen LogP contribution in [0.4, 0.5) is 21.9 Å². The molecule has 1 heterocycles. The molecular weight excluding hydrogens is 604 g/mol. The zero-order chi connectivity index (χ0) is 32.1. The summed E-state index contributed by atoms with van der Waals surface area (Å²) in [6, 6.07) is 21.2. The van der Waals surface area contributed by atoms with E-state index in [9.17, 15) is 26.4 Å². The molecule has 44 heavy (non-hydrogen) atoms. The summed E-state index contributed by atoms with van der Waals surface area (Å²) in [5, 5.41) is 5.30. The number of nitrogens with zero attached hydrogens (tertiary/aromatic N) is 1. The molecule has 0 unspecified atom stereocenters. The lowest BCUT2D eigenvalue weighted by molar-refractivity contribution is -0.111. The van der Waals surface area contributed by atoms with Gasteiger partial charge in [0.1, 0.15) is 5.60 Å². The Hall–Kier alpha value is -4.88. The number of para-hydroxylation sites is 2. The van der Waals surface area contributed by atoms with E-state index in [-0.39, 0.29) is 4.90 Å². The van der Waals surface area contributed by atoms with Gasteiger partial charge in [-0.15, -0.1) is 0 Å². The summed E-state index contributed by atoms with van der Waals surface area (Å²) in [6.45, 7) is 5.23. The maximum absolute atomic E-state index is 13.2. The SMILES string of the molecule is CC(C)(C)OC(=O)Nc1ccccc1NC(=O)C=Cc1ccn(S(=O)(=O)c2ccc(-c3ccc(NS(C)(=O)=O)cc3)cc2)c1. The molecule has 0 radical (unpaired) electrons. The van der Waals surface area contributed by atoms with Crippen LogP contribution in [0.25, 0.3) is 17.2 Å². The maximum atomic E-state index is 13.2. The van der Waals surface area contributed by atoms with E-state index in [1.165, 1.54) is 36.7 Å².